The van der Waals surface area contributed by atoms with E-state index in [1.165, 1.54) is 0 Å². The summed E-state index contributed by atoms with van der Waals surface area (Å²) in [4.78, 5) is 6.30. The van der Waals surface area contributed by atoms with Gasteiger partial charge in [0, 0.05) is 36.2 Å². The van der Waals surface area contributed by atoms with Crippen LogP contribution in [0, 0.1) is 0 Å². The molecular weight excluding hydrogens is 284 g/mol. The largest absolute Gasteiger partial charge is 0.378 e. The Kier molecular flexibility index (Phi) is 4.53. The minimum Gasteiger partial charge on any atom is -0.378 e. The van der Waals surface area contributed by atoms with Gasteiger partial charge in [-0.05, 0) is 35.4 Å². The average Bonchev–Trinajstić information content (AvgIpc) is 2.55. The Morgan fingerprint density at radius 1 is 1.05 bits per heavy atom. The van der Waals surface area contributed by atoms with Gasteiger partial charge in [-0.1, -0.05) is 29.8 Å². The Labute approximate surface area is 129 Å². The Morgan fingerprint density at radius 2 is 1.81 bits per heavy atom. The molecule has 0 aliphatic carbocycles. The highest BCUT2D eigenvalue weighted by Crippen LogP contribution is 2.25. The maximum atomic E-state index is 6.39. The molecule has 4 heteroatoms. The van der Waals surface area contributed by atoms with Crippen LogP contribution in [0.15, 0.2) is 42.7 Å². The second-order valence-corrected chi connectivity index (χ2v) is 5.33. The number of anilines is 1. The van der Waals surface area contributed by atoms with Gasteiger partial charge in [0.25, 0.3) is 0 Å². The Bertz CT molecular complexity index is 622. The Balaban J connectivity index is 1.76. The fourth-order valence-corrected chi connectivity index (χ4v) is 2.57. The zero-order valence-corrected chi connectivity index (χ0v) is 12.5. The lowest BCUT2D eigenvalue weighted by molar-refractivity contribution is 0.122. The van der Waals surface area contributed by atoms with Crippen LogP contribution in [-0.2, 0) is 4.74 Å². The third-order valence-electron chi connectivity index (χ3n) is 3.52. The van der Waals surface area contributed by atoms with Gasteiger partial charge in [-0.3, -0.25) is 4.98 Å². The third kappa shape index (κ3) is 3.63. The van der Waals surface area contributed by atoms with Crippen LogP contribution >= 0.6 is 11.6 Å². The van der Waals surface area contributed by atoms with Crippen LogP contribution in [0.3, 0.4) is 0 Å². The molecule has 1 saturated heterocycles. The van der Waals surface area contributed by atoms with E-state index in [9.17, 15) is 0 Å². The van der Waals surface area contributed by atoms with Crippen LogP contribution in [0.2, 0.25) is 5.02 Å². The number of benzene rings is 1. The fraction of sp³-hybridized carbons (Fsp3) is 0.235. The van der Waals surface area contributed by atoms with Crippen molar-refractivity contribution in [3.63, 3.8) is 0 Å². The zero-order valence-electron chi connectivity index (χ0n) is 11.7. The van der Waals surface area contributed by atoms with E-state index in [0.717, 1.165) is 48.1 Å². The summed E-state index contributed by atoms with van der Waals surface area (Å²) in [5.74, 6) is 0. The van der Waals surface area contributed by atoms with Gasteiger partial charge in [-0.15, -0.1) is 0 Å². The molecule has 0 saturated carbocycles. The highest BCUT2D eigenvalue weighted by Gasteiger charge is 2.11. The minimum atomic E-state index is 0.768. The molecule has 108 valence electrons. The van der Waals surface area contributed by atoms with Crippen molar-refractivity contribution in [2.24, 2.45) is 0 Å². The fourth-order valence-electron chi connectivity index (χ4n) is 2.33. The van der Waals surface area contributed by atoms with Crippen molar-refractivity contribution in [1.29, 1.82) is 0 Å². The molecule has 0 unspecified atom stereocenters. The molecule has 0 N–H and O–H groups in total. The molecular formula is C17H17ClN2O. The van der Waals surface area contributed by atoms with Crippen molar-refractivity contribution in [3.05, 3.63) is 58.9 Å². The molecule has 1 aromatic carbocycles. The summed E-state index contributed by atoms with van der Waals surface area (Å²) in [5.41, 5.74) is 3.29. The third-order valence-corrected chi connectivity index (χ3v) is 3.85. The smallest absolute Gasteiger partial charge is 0.0642 e. The first kappa shape index (κ1) is 14.1. The van der Waals surface area contributed by atoms with E-state index in [1.54, 1.807) is 12.4 Å². The van der Waals surface area contributed by atoms with E-state index in [-0.39, 0.29) is 0 Å². The summed E-state index contributed by atoms with van der Waals surface area (Å²) in [5, 5.41) is 0.768. The van der Waals surface area contributed by atoms with Gasteiger partial charge in [0.05, 0.1) is 13.2 Å². The number of ether oxygens (including phenoxy) is 1. The molecule has 3 rings (SSSR count). The lowest BCUT2D eigenvalue weighted by Gasteiger charge is -2.29. The molecule has 1 aliphatic rings. The molecule has 0 atom stereocenters. The average molecular weight is 301 g/mol. The van der Waals surface area contributed by atoms with E-state index in [0.29, 0.717) is 0 Å². The Hall–Kier alpha value is -1.84. The predicted molar refractivity (Wildman–Crippen MR) is 87.6 cm³/mol. The first-order valence-corrected chi connectivity index (χ1v) is 7.41. The van der Waals surface area contributed by atoms with Crippen molar-refractivity contribution < 1.29 is 4.74 Å². The normalized spacial score (nSPS) is 15.6. The molecule has 2 aromatic rings. The second-order valence-electron chi connectivity index (χ2n) is 4.92. The van der Waals surface area contributed by atoms with Crippen molar-refractivity contribution in [1.82, 2.24) is 4.98 Å². The quantitative estimate of drug-likeness (QED) is 0.863. The van der Waals surface area contributed by atoms with Crippen molar-refractivity contribution in [3.8, 4) is 0 Å². The number of halogens is 1. The number of pyridine rings is 1. The van der Waals surface area contributed by atoms with Crippen LogP contribution in [0.1, 0.15) is 11.1 Å². The van der Waals surface area contributed by atoms with E-state index in [4.69, 9.17) is 16.3 Å². The van der Waals surface area contributed by atoms with Crippen LogP contribution in [-0.4, -0.2) is 31.3 Å². The van der Waals surface area contributed by atoms with E-state index >= 15 is 0 Å². The predicted octanol–water partition coefficient (Wildman–Crippen LogP) is 3.74. The van der Waals surface area contributed by atoms with Gasteiger partial charge in [-0.25, -0.2) is 0 Å². The summed E-state index contributed by atoms with van der Waals surface area (Å²) in [6.45, 7) is 3.40. The van der Waals surface area contributed by atoms with Crippen molar-refractivity contribution >= 4 is 29.4 Å². The SMILES string of the molecule is Clc1cc(N2CCOCC2)ccc1/C=C/c1ccncc1. The first-order chi connectivity index (χ1) is 10.3. The number of nitrogens with zero attached hydrogens (tertiary/aromatic N) is 2. The molecule has 1 fully saturated rings. The minimum absolute atomic E-state index is 0.768. The second kappa shape index (κ2) is 6.74. The zero-order chi connectivity index (χ0) is 14.5. The van der Waals surface area contributed by atoms with Gasteiger partial charge in [0.1, 0.15) is 0 Å². The number of hydrogen-bond donors (Lipinski definition) is 0. The lowest BCUT2D eigenvalue weighted by atomic mass is 10.1. The highest BCUT2D eigenvalue weighted by molar-refractivity contribution is 6.32. The van der Waals surface area contributed by atoms with E-state index < -0.39 is 0 Å². The standard InChI is InChI=1S/C17H17ClN2O/c18-17-13-16(20-9-11-21-12-10-20)4-3-15(17)2-1-14-5-7-19-8-6-14/h1-8,13H,9-12H2/b2-1+. The molecule has 1 aromatic heterocycles. The first-order valence-electron chi connectivity index (χ1n) is 7.03. The Morgan fingerprint density at radius 3 is 2.52 bits per heavy atom. The maximum Gasteiger partial charge on any atom is 0.0642 e. The van der Waals surface area contributed by atoms with Crippen molar-refractivity contribution in [2.75, 3.05) is 31.2 Å². The topological polar surface area (TPSA) is 25.4 Å². The van der Waals surface area contributed by atoms with E-state index in [1.807, 2.05) is 30.4 Å². The van der Waals surface area contributed by atoms with Crippen LogP contribution < -0.4 is 4.90 Å². The van der Waals surface area contributed by atoms with Gasteiger partial charge in [0.2, 0.25) is 0 Å². The molecule has 2 heterocycles. The molecule has 0 spiro atoms. The highest BCUT2D eigenvalue weighted by atomic mass is 35.5. The van der Waals surface area contributed by atoms with Crippen LogP contribution in [0.25, 0.3) is 12.2 Å². The molecule has 0 radical (unpaired) electrons. The number of aromatic nitrogens is 1. The maximum absolute atomic E-state index is 6.39. The van der Waals surface area contributed by atoms with Crippen LogP contribution in [0.4, 0.5) is 5.69 Å². The summed E-state index contributed by atoms with van der Waals surface area (Å²) < 4.78 is 5.37. The summed E-state index contributed by atoms with van der Waals surface area (Å²) >= 11 is 6.39. The van der Waals surface area contributed by atoms with Gasteiger partial charge >= 0.3 is 0 Å². The number of morpholine rings is 1. The van der Waals surface area contributed by atoms with Gasteiger partial charge in [0.15, 0.2) is 0 Å². The lowest BCUT2D eigenvalue weighted by Crippen LogP contribution is -2.36. The number of hydrogen-bond acceptors (Lipinski definition) is 3. The monoisotopic (exact) mass is 300 g/mol. The summed E-state index contributed by atoms with van der Waals surface area (Å²) in [6.07, 6.45) is 7.63. The van der Waals surface area contributed by atoms with E-state index in [2.05, 4.69) is 22.0 Å². The van der Waals surface area contributed by atoms with Gasteiger partial charge < -0.3 is 9.64 Å². The molecule has 0 bridgehead atoms. The molecule has 0 amide bonds. The summed E-state index contributed by atoms with van der Waals surface area (Å²) in [7, 11) is 0. The van der Waals surface area contributed by atoms with Crippen molar-refractivity contribution in [2.45, 2.75) is 0 Å². The van der Waals surface area contributed by atoms with Crippen LogP contribution in [0.5, 0.6) is 0 Å². The number of rotatable bonds is 3. The van der Waals surface area contributed by atoms with Gasteiger partial charge in [-0.2, -0.15) is 0 Å². The summed E-state index contributed by atoms with van der Waals surface area (Å²) in [6, 6.07) is 10.1. The molecule has 3 nitrogen and oxygen atoms in total. The molecule has 21 heavy (non-hydrogen) atoms. The molecule has 1 aliphatic heterocycles.